The van der Waals surface area contributed by atoms with Gasteiger partial charge in [0.25, 0.3) is 5.70 Å². The van der Waals surface area contributed by atoms with Gasteiger partial charge < -0.3 is 20.3 Å². The number of rotatable bonds is 9. The van der Waals surface area contributed by atoms with Gasteiger partial charge >= 0.3 is 6.09 Å². The molecule has 2 N–H and O–H groups in total. The Kier molecular flexibility index (Phi) is 7.91. The fraction of sp³-hybridized carbons (Fsp3) is 0.600. The van der Waals surface area contributed by atoms with Crippen LogP contribution in [0.3, 0.4) is 0 Å². The van der Waals surface area contributed by atoms with Crippen molar-refractivity contribution in [1.29, 1.82) is 0 Å². The summed E-state index contributed by atoms with van der Waals surface area (Å²) in [5, 5.41) is 18.1. The Hall–Kier alpha value is -2.59. The van der Waals surface area contributed by atoms with Crippen LogP contribution in [0.4, 0.5) is 4.79 Å². The van der Waals surface area contributed by atoms with Crippen molar-refractivity contribution in [2.24, 2.45) is 0 Å². The molecule has 1 aromatic rings. The standard InChI is InChI=1S/C20H29ClN6O4/c1-3-4-7-22-20(28)31-12-14(2)25-11-17(27(29)30)19-24-10-16(26(19)13-25)8-15-5-6-18(21)23-9-15/h5-6,9,14,16,24H,3-4,7-8,10-13H2,1-2H3,(H,22,28). The predicted octanol–water partition coefficient (Wildman–Crippen LogP) is 2.19. The number of carbonyl (C=O) groups excluding carboxylic acids is 1. The van der Waals surface area contributed by atoms with E-state index in [1.807, 2.05) is 29.7 Å². The monoisotopic (exact) mass is 452 g/mol. The summed E-state index contributed by atoms with van der Waals surface area (Å²) in [6.07, 6.45) is 3.83. The van der Waals surface area contributed by atoms with E-state index in [0.717, 1.165) is 18.4 Å². The predicted molar refractivity (Wildman–Crippen MR) is 116 cm³/mol. The van der Waals surface area contributed by atoms with Crippen LogP contribution < -0.4 is 10.6 Å². The lowest BCUT2D eigenvalue weighted by molar-refractivity contribution is -0.432. The van der Waals surface area contributed by atoms with Crippen molar-refractivity contribution < 1.29 is 14.5 Å². The molecule has 2 unspecified atom stereocenters. The van der Waals surface area contributed by atoms with E-state index in [1.54, 1.807) is 12.3 Å². The van der Waals surface area contributed by atoms with Gasteiger partial charge in [0.2, 0.25) is 0 Å². The molecule has 0 spiro atoms. The molecule has 11 heteroatoms. The number of aromatic nitrogens is 1. The van der Waals surface area contributed by atoms with Crippen LogP contribution in [0.5, 0.6) is 0 Å². The third kappa shape index (κ3) is 5.98. The zero-order valence-electron chi connectivity index (χ0n) is 17.8. The minimum absolute atomic E-state index is 0.0428. The van der Waals surface area contributed by atoms with Crippen molar-refractivity contribution in [2.75, 3.05) is 32.9 Å². The maximum Gasteiger partial charge on any atom is 0.407 e. The normalized spacial score (nSPS) is 19.6. The van der Waals surface area contributed by atoms with Crippen molar-refractivity contribution in [2.45, 2.75) is 45.2 Å². The van der Waals surface area contributed by atoms with Crippen molar-refractivity contribution in [3.63, 3.8) is 0 Å². The quantitative estimate of drug-likeness (QED) is 0.254. The van der Waals surface area contributed by atoms with E-state index in [9.17, 15) is 14.9 Å². The Balaban J connectivity index is 1.64. The molecule has 2 aliphatic heterocycles. The van der Waals surface area contributed by atoms with Crippen LogP contribution in [-0.2, 0) is 11.2 Å². The van der Waals surface area contributed by atoms with Gasteiger partial charge in [-0.1, -0.05) is 31.0 Å². The van der Waals surface area contributed by atoms with E-state index >= 15 is 0 Å². The lowest BCUT2D eigenvalue weighted by Gasteiger charge is -2.38. The van der Waals surface area contributed by atoms with Crippen LogP contribution in [0.1, 0.15) is 32.3 Å². The van der Waals surface area contributed by atoms with Gasteiger partial charge in [0.1, 0.15) is 11.8 Å². The van der Waals surface area contributed by atoms with Crippen LogP contribution in [0.2, 0.25) is 5.15 Å². The lowest BCUT2D eigenvalue weighted by atomic mass is 10.1. The molecule has 10 nitrogen and oxygen atoms in total. The van der Waals surface area contributed by atoms with Gasteiger partial charge in [0, 0.05) is 25.3 Å². The lowest BCUT2D eigenvalue weighted by Crippen LogP contribution is -2.52. The highest BCUT2D eigenvalue weighted by molar-refractivity contribution is 6.29. The van der Waals surface area contributed by atoms with E-state index in [1.165, 1.54) is 0 Å². The molecular weight excluding hydrogens is 424 g/mol. The highest BCUT2D eigenvalue weighted by Crippen LogP contribution is 2.27. The van der Waals surface area contributed by atoms with Gasteiger partial charge in [-0.25, -0.2) is 9.78 Å². The number of amides is 1. The summed E-state index contributed by atoms with van der Waals surface area (Å²) in [6, 6.07) is 3.53. The molecule has 170 valence electrons. The van der Waals surface area contributed by atoms with E-state index < -0.39 is 6.09 Å². The third-order valence-electron chi connectivity index (χ3n) is 5.55. The molecule has 1 fully saturated rings. The smallest absolute Gasteiger partial charge is 0.407 e. The molecule has 1 amide bonds. The van der Waals surface area contributed by atoms with Crippen molar-refractivity contribution >= 4 is 17.7 Å². The summed E-state index contributed by atoms with van der Waals surface area (Å²) >= 11 is 5.87. The second kappa shape index (κ2) is 10.6. The molecule has 2 aliphatic rings. The van der Waals surface area contributed by atoms with Crippen LogP contribution in [0.25, 0.3) is 0 Å². The van der Waals surface area contributed by atoms with Crippen molar-refractivity contribution in [3.8, 4) is 0 Å². The molecule has 2 atom stereocenters. The first kappa shape index (κ1) is 23.1. The number of halogens is 1. The van der Waals surface area contributed by atoms with Gasteiger partial charge in [-0.3, -0.25) is 15.0 Å². The highest BCUT2D eigenvalue weighted by atomic mass is 35.5. The number of hydrogen-bond donors (Lipinski definition) is 2. The molecule has 3 heterocycles. The molecule has 0 aromatic carbocycles. The largest absolute Gasteiger partial charge is 0.448 e. The molecule has 0 saturated carbocycles. The Morgan fingerprint density at radius 3 is 3.00 bits per heavy atom. The summed E-state index contributed by atoms with van der Waals surface area (Å²) in [7, 11) is 0. The van der Waals surface area contributed by atoms with Crippen LogP contribution in [-0.4, -0.2) is 70.8 Å². The Labute approximate surface area is 186 Å². The van der Waals surface area contributed by atoms with Crippen LogP contribution in [0, 0.1) is 10.1 Å². The minimum atomic E-state index is -0.459. The van der Waals surface area contributed by atoms with Gasteiger partial charge in [0.05, 0.1) is 24.2 Å². The first-order valence-electron chi connectivity index (χ1n) is 10.5. The molecule has 0 bridgehead atoms. The summed E-state index contributed by atoms with van der Waals surface area (Å²) in [5.41, 5.74) is 1.14. The van der Waals surface area contributed by atoms with Crippen LogP contribution in [0.15, 0.2) is 29.8 Å². The van der Waals surface area contributed by atoms with Crippen LogP contribution >= 0.6 is 11.6 Å². The second-order valence-corrected chi connectivity index (χ2v) is 8.25. The van der Waals surface area contributed by atoms with Crippen molar-refractivity contribution in [1.82, 2.24) is 25.4 Å². The van der Waals surface area contributed by atoms with E-state index in [0.29, 0.717) is 37.2 Å². The van der Waals surface area contributed by atoms with E-state index in [-0.39, 0.29) is 35.9 Å². The van der Waals surface area contributed by atoms with E-state index in [2.05, 4.69) is 15.6 Å². The average molecular weight is 453 g/mol. The van der Waals surface area contributed by atoms with Gasteiger partial charge in [-0.15, -0.1) is 0 Å². The second-order valence-electron chi connectivity index (χ2n) is 7.87. The molecule has 31 heavy (non-hydrogen) atoms. The maximum absolute atomic E-state index is 11.8. The number of ether oxygens (including phenoxy) is 1. The molecule has 0 aliphatic carbocycles. The number of pyridine rings is 1. The number of carbonyl (C=O) groups is 1. The Bertz CT molecular complexity index is 818. The molecule has 1 saturated heterocycles. The summed E-state index contributed by atoms with van der Waals surface area (Å²) in [4.78, 5) is 31.3. The fourth-order valence-electron chi connectivity index (χ4n) is 3.72. The molecule has 1 aromatic heterocycles. The number of nitrogens with zero attached hydrogens (tertiary/aromatic N) is 4. The van der Waals surface area contributed by atoms with E-state index in [4.69, 9.17) is 16.3 Å². The number of hydrogen-bond acceptors (Lipinski definition) is 8. The SMILES string of the molecule is CCCCNC(=O)OCC(C)N1CC([N+](=O)[O-])=C2NCC(Cc3ccc(Cl)nc3)N2C1. The van der Waals surface area contributed by atoms with Gasteiger partial charge in [0.15, 0.2) is 5.82 Å². The number of unbranched alkanes of at least 4 members (excludes halogenated alkanes) is 1. The first-order chi connectivity index (χ1) is 14.9. The van der Waals surface area contributed by atoms with Gasteiger partial charge in [-0.05, 0) is 31.4 Å². The zero-order chi connectivity index (χ0) is 22.4. The molecule has 0 radical (unpaired) electrons. The Morgan fingerprint density at radius 1 is 1.52 bits per heavy atom. The zero-order valence-corrected chi connectivity index (χ0v) is 18.6. The highest BCUT2D eigenvalue weighted by Gasteiger charge is 2.41. The minimum Gasteiger partial charge on any atom is -0.448 e. The Morgan fingerprint density at radius 2 is 2.32 bits per heavy atom. The number of alkyl carbamates (subject to hydrolysis) is 1. The molecular formula is C20H29ClN6O4. The third-order valence-corrected chi connectivity index (χ3v) is 5.78. The topological polar surface area (TPSA) is 113 Å². The average Bonchev–Trinajstić information content (AvgIpc) is 3.15. The summed E-state index contributed by atoms with van der Waals surface area (Å²) in [5.74, 6) is 0.568. The summed E-state index contributed by atoms with van der Waals surface area (Å²) in [6.45, 7) is 5.98. The number of nitrogens with one attached hydrogen (secondary N) is 2. The number of fused-ring (bicyclic) bond motifs is 1. The first-order valence-corrected chi connectivity index (χ1v) is 10.9. The fourth-order valence-corrected chi connectivity index (χ4v) is 3.83. The van der Waals surface area contributed by atoms with Gasteiger partial charge in [-0.2, -0.15) is 0 Å². The van der Waals surface area contributed by atoms with Crippen molar-refractivity contribution in [3.05, 3.63) is 50.7 Å². The summed E-state index contributed by atoms with van der Waals surface area (Å²) < 4.78 is 5.31. The maximum atomic E-state index is 11.8. The molecule has 3 rings (SSSR count). The number of nitro groups is 1.